The summed E-state index contributed by atoms with van der Waals surface area (Å²) in [6, 6.07) is 14.4. The average molecular weight is 751 g/mol. The number of aromatic nitrogens is 4. The number of fused-ring (bicyclic) bond motifs is 1. The van der Waals surface area contributed by atoms with Gasteiger partial charge < -0.3 is 24.3 Å². The number of ether oxygens (including phenoxy) is 2. The molecule has 5 aromatic rings. The molecular weight excluding hydrogens is 708 g/mol. The number of sulfonamides is 1. The smallest absolute Gasteiger partial charge is 0.335 e. The van der Waals surface area contributed by atoms with Gasteiger partial charge >= 0.3 is 5.97 Å². The third kappa shape index (κ3) is 9.42. The molecule has 3 aromatic heterocycles. The van der Waals surface area contributed by atoms with E-state index in [2.05, 4.69) is 38.8 Å². The van der Waals surface area contributed by atoms with E-state index in [-0.39, 0.29) is 53.3 Å². The van der Waals surface area contributed by atoms with Crippen LogP contribution in [0, 0.1) is 19.8 Å². The summed E-state index contributed by atoms with van der Waals surface area (Å²) < 4.78 is 47.1. The molecule has 13 nitrogen and oxygen atoms in total. The zero-order valence-electron chi connectivity index (χ0n) is 29.5. The maximum atomic E-state index is 13.4. The summed E-state index contributed by atoms with van der Waals surface area (Å²) in [5, 5.41) is 13.0. The number of nitrogens with one attached hydrogen (secondary N) is 2. The van der Waals surface area contributed by atoms with Crippen molar-refractivity contribution >= 4 is 45.6 Å². The average Bonchev–Trinajstić information content (AvgIpc) is 3.54. The SMILES string of the molecule is Cc1cccc(C)c1-c1cc(OC[C@@H](CC2CCOCC2)NCc2cnc3oc(C(C)C)cc3n2)nc(NS(=O)(=O)c2cccc(C(=O)O)c2)n1.Cl. The van der Waals surface area contributed by atoms with Gasteiger partial charge in [0.1, 0.15) is 17.9 Å². The Morgan fingerprint density at radius 1 is 1.02 bits per heavy atom. The third-order valence-corrected chi connectivity index (χ3v) is 10.2. The first-order chi connectivity index (χ1) is 24.4. The Kier molecular flexibility index (Phi) is 12.5. The molecule has 15 heteroatoms. The van der Waals surface area contributed by atoms with Crippen LogP contribution in [0.3, 0.4) is 0 Å². The Morgan fingerprint density at radius 2 is 1.75 bits per heavy atom. The first kappa shape index (κ1) is 38.6. The maximum Gasteiger partial charge on any atom is 0.335 e. The van der Waals surface area contributed by atoms with Gasteiger partial charge in [-0.25, -0.2) is 32.9 Å². The van der Waals surface area contributed by atoms with Crippen LogP contribution in [0.2, 0.25) is 0 Å². The van der Waals surface area contributed by atoms with Crippen molar-refractivity contribution in [2.45, 2.75) is 70.4 Å². The maximum absolute atomic E-state index is 13.4. The monoisotopic (exact) mass is 750 g/mol. The van der Waals surface area contributed by atoms with Gasteiger partial charge in [-0.1, -0.05) is 38.1 Å². The molecule has 0 saturated carbocycles. The first-order valence-corrected chi connectivity index (χ1v) is 18.4. The Morgan fingerprint density at radius 3 is 2.46 bits per heavy atom. The number of rotatable bonds is 14. The van der Waals surface area contributed by atoms with Crippen molar-refractivity contribution < 1.29 is 32.2 Å². The van der Waals surface area contributed by atoms with E-state index in [0.717, 1.165) is 53.5 Å². The van der Waals surface area contributed by atoms with Crippen LogP contribution in [-0.4, -0.2) is 65.3 Å². The van der Waals surface area contributed by atoms with Gasteiger partial charge in [0, 0.05) is 49.4 Å². The highest BCUT2D eigenvalue weighted by molar-refractivity contribution is 7.92. The van der Waals surface area contributed by atoms with Gasteiger partial charge in [0.2, 0.25) is 17.5 Å². The standard InChI is InChI=1S/C37H42N6O7S.ClH/c1-22(2)32-17-31-35(50-32)39-20-28(40-31)19-38-27(15-25-11-13-48-14-12-25)21-49-33-18-30(34-23(3)7-5-8-24(34)4)41-37(42-33)43-51(46,47)29-10-6-9-26(16-29)36(44)45;/h5-10,16-18,20,22,25,27,38H,11-15,19,21H2,1-4H3,(H,44,45)(H,41,42,43);1H/t27-;/m1./s1. The highest BCUT2D eigenvalue weighted by Crippen LogP contribution is 2.30. The molecule has 276 valence electrons. The predicted molar refractivity (Wildman–Crippen MR) is 199 cm³/mol. The molecule has 0 amide bonds. The van der Waals surface area contributed by atoms with Crippen LogP contribution in [0.4, 0.5) is 5.95 Å². The normalized spacial score (nSPS) is 14.2. The van der Waals surface area contributed by atoms with E-state index in [4.69, 9.17) is 18.9 Å². The lowest BCUT2D eigenvalue weighted by molar-refractivity contribution is 0.0579. The van der Waals surface area contributed by atoms with E-state index in [1.54, 1.807) is 12.3 Å². The van der Waals surface area contributed by atoms with Crippen LogP contribution in [0.5, 0.6) is 5.88 Å². The number of carboxylic acid groups (broad SMARTS) is 1. The number of hydrogen-bond acceptors (Lipinski definition) is 11. The molecule has 1 fully saturated rings. The lowest BCUT2D eigenvalue weighted by atomic mass is 9.92. The minimum absolute atomic E-state index is 0. The van der Waals surface area contributed by atoms with E-state index < -0.39 is 16.0 Å². The number of aryl methyl sites for hydroxylation is 2. The molecule has 3 N–H and O–H groups in total. The summed E-state index contributed by atoms with van der Waals surface area (Å²) in [5.41, 5.74) is 5.00. The van der Waals surface area contributed by atoms with Crippen molar-refractivity contribution in [3.8, 4) is 17.1 Å². The summed E-state index contributed by atoms with van der Waals surface area (Å²) in [4.78, 5) is 29.6. The zero-order valence-corrected chi connectivity index (χ0v) is 31.1. The number of nitrogens with zero attached hydrogens (tertiary/aromatic N) is 4. The van der Waals surface area contributed by atoms with Crippen molar-refractivity contribution in [3.63, 3.8) is 0 Å². The number of carboxylic acids is 1. The summed E-state index contributed by atoms with van der Waals surface area (Å²) in [6.45, 7) is 10.1. The predicted octanol–water partition coefficient (Wildman–Crippen LogP) is 6.69. The van der Waals surface area contributed by atoms with Crippen LogP contribution in [-0.2, 0) is 21.3 Å². The van der Waals surface area contributed by atoms with Gasteiger partial charge in [-0.2, -0.15) is 4.98 Å². The van der Waals surface area contributed by atoms with Gasteiger partial charge in [0.15, 0.2) is 0 Å². The molecule has 6 rings (SSSR count). The van der Waals surface area contributed by atoms with Gasteiger partial charge in [0.25, 0.3) is 10.0 Å². The molecule has 4 heterocycles. The molecule has 1 atom stereocenters. The van der Waals surface area contributed by atoms with Crippen LogP contribution >= 0.6 is 12.4 Å². The number of anilines is 1. The molecule has 0 aliphatic carbocycles. The second-order valence-corrected chi connectivity index (χ2v) is 14.8. The number of aromatic carboxylic acids is 1. The zero-order chi connectivity index (χ0) is 36.1. The van der Waals surface area contributed by atoms with Crippen molar-refractivity contribution in [3.05, 3.63) is 88.9 Å². The second-order valence-electron chi connectivity index (χ2n) is 13.2. The van der Waals surface area contributed by atoms with E-state index >= 15 is 0 Å². The second kappa shape index (κ2) is 16.8. The minimum atomic E-state index is -4.25. The summed E-state index contributed by atoms with van der Waals surface area (Å²) >= 11 is 0. The van der Waals surface area contributed by atoms with Crippen molar-refractivity contribution in [2.75, 3.05) is 24.5 Å². The third-order valence-electron chi connectivity index (χ3n) is 8.90. The summed E-state index contributed by atoms with van der Waals surface area (Å²) in [5.74, 6) is 0.217. The molecule has 52 heavy (non-hydrogen) atoms. The van der Waals surface area contributed by atoms with E-state index in [0.29, 0.717) is 42.6 Å². The van der Waals surface area contributed by atoms with Gasteiger partial charge in [0.05, 0.1) is 28.0 Å². The molecule has 0 bridgehead atoms. The quantitative estimate of drug-likeness (QED) is 0.110. The topological polar surface area (TPSA) is 179 Å². The van der Waals surface area contributed by atoms with Crippen LogP contribution in [0.25, 0.3) is 22.5 Å². The van der Waals surface area contributed by atoms with Crippen LogP contribution in [0.15, 0.2) is 70.1 Å². The Bertz CT molecular complexity index is 2120. The first-order valence-electron chi connectivity index (χ1n) is 17.0. The molecule has 2 aromatic carbocycles. The van der Waals surface area contributed by atoms with Crippen molar-refractivity contribution in [1.29, 1.82) is 0 Å². The van der Waals surface area contributed by atoms with Crippen LogP contribution in [0.1, 0.15) is 72.0 Å². The van der Waals surface area contributed by atoms with Gasteiger partial charge in [-0.3, -0.25) is 0 Å². The number of furan rings is 1. The Labute approximate surface area is 309 Å². The largest absolute Gasteiger partial charge is 0.478 e. The number of halogens is 1. The molecule has 1 aliphatic rings. The number of carbonyl (C=O) groups is 1. The molecule has 1 aliphatic heterocycles. The van der Waals surface area contributed by atoms with E-state index in [1.807, 2.05) is 38.1 Å². The fourth-order valence-corrected chi connectivity index (χ4v) is 7.13. The lowest BCUT2D eigenvalue weighted by Crippen LogP contribution is -2.37. The molecule has 1 saturated heterocycles. The Hall–Kier alpha value is -4.63. The fourth-order valence-electron chi connectivity index (χ4n) is 6.15. The van der Waals surface area contributed by atoms with Gasteiger partial charge in [-0.15, -0.1) is 12.4 Å². The van der Waals surface area contributed by atoms with Crippen molar-refractivity contribution in [2.24, 2.45) is 5.92 Å². The van der Waals surface area contributed by atoms with E-state index in [9.17, 15) is 18.3 Å². The summed E-state index contributed by atoms with van der Waals surface area (Å²) in [7, 11) is -4.25. The Balaban J connectivity index is 0.00000523. The summed E-state index contributed by atoms with van der Waals surface area (Å²) in [6.07, 6.45) is 4.41. The molecule has 0 spiro atoms. The lowest BCUT2D eigenvalue weighted by Gasteiger charge is -2.27. The van der Waals surface area contributed by atoms with Crippen molar-refractivity contribution in [1.82, 2.24) is 25.3 Å². The highest BCUT2D eigenvalue weighted by atomic mass is 35.5. The van der Waals surface area contributed by atoms with Crippen LogP contribution < -0.4 is 14.8 Å². The number of hydrogen-bond donors (Lipinski definition) is 3. The molecule has 0 radical (unpaired) electrons. The number of benzene rings is 2. The highest BCUT2D eigenvalue weighted by Gasteiger charge is 2.23. The van der Waals surface area contributed by atoms with E-state index in [1.165, 1.54) is 18.2 Å². The fraction of sp³-hybridized carbons (Fsp3) is 0.378. The molecule has 0 unspecified atom stereocenters. The minimum Gasteiger partial charge on any atom is -0.478 e. The molecular formula is C37H43ClN6O7S. The van der Waals surface area contributed by atoms with Gasteiger partial charge in [-0.05, 0) is 68.4 Å².